The van der Waals surface area contributed by atoms with Crippen LogP contribution in [0.15, 0.2) is 17.6 Å². The molecule has 0 aliphatic heterocycles. The lowest BCUT2D eigenvalue weighted by Gasteiger charge is -2.11. The van der Waals surface area contributed by atoms with Crippen molar-refractivity contribution in [2.24, 2.45) is 10.9 Å². The number of nitrogens with zero attached hydrogens (tertiary/aromatic N) is 1. The molecule has 0 fully saturated rings. The maximum absolute atomic E-state index is 5.48. The average molecular weight is 355 g/mol. The molecule has 0 aromatic rings. The highest BCUT2D eigenvalue weighted by molar-refractivity contribution is 14.0. The van der Waals surface area contributed by atoms with Crippen LogP contribution in [0.1, 0.15) is 20.3 Å². The van der Waals surface area contributed by atoms with Crippen molar-refractivity contribution in [1.82, 2.24) is 10.6 Å². The summed E-state index contributed by atoms with van der Waals surface area (Å²) in [6, 6.07) is 0. The summed E-state index contributed by atoms with van der Waals surface area (Å²) >= 11 is 0. The lowest BCUT2D eigenvalue weighted by molar-refractivity contribution is 0.128. The number of guanidine groups is 1. The zero-order valence-corrected chi connectivity index (χ0v) is 13.5. The van der Waals surface area contributed by atoms with Gasteiger partial charge < -0.3 is 15.4 Å². The van der Waals surface area contributed by atoms with Gasteiger partial charge in [0.25, 0.3) is 0 Å². The molecule has 0 aliphatic carbocycles. The maximum Gasteiger partial charge on any atom is 0.191 e. The van der Waals surface area contributed by atoms with E-state index in [9.17, 15) is 0 Å². The summed E-state index contributed by atoms with van der Waals surface area (Å²) in [6.45, 7) is 11.1. The Morgan fingerprint density at radius 1 is 1.35 bits per heavy atom. The van der Waals surface area contributed by atoms with E-state index in [1.54, 1.807) is 13.1 Å². The van der Waals surface area contributed by atoms with Crippen LogP contribution in [0.5, 0.6) is 0 Å². The molecule has 0 unspecified atom stereocenters. The predicted octanol–water partition coefficient (Wildman–Crippen LogP) is 2.02. The van der Waals surface area contributed by atoms with Crippen LogP contribution >= 0.6 is 24.0 Å². The molecule has 0 radical (unpaired) electrons. The van der Waals surface area contributed by atoms with E-state index >= 15 is 0 Å². The zero-order chi connectivity index (χ0) is 12.2. The first-order valence-electron chi connectivity index (χ1n) is 5.83. The van der Waals surface area contributed by atoms with Crippen LogP contribution in [0.25, 0.3) is 0 Å². The van der Waals surface area contributed by atoms with Crippen molar-refractivity contribution in [1.29, 1.82) is 0 Å². The van der Waals surface area contributed by atoms with Crippen molar-refractivity contribution >= 4 is 29.9 Å². The molecule has 0 aromatic heterocycles. The van der Waals surface area contributed by atoms with Crippen LogP contribution in [-0.2, 0) is 4.74 Å². The molecule has 2 N–H and O–H groups in total. The molecule has 0 atom stereocenters. The second-order valence-electron chi connectivity index (χ2n) is 3.96. The van der Waals surface area contributed by atoms with Crippen molar-refractivity contribution in [2.75, 3.05) is 33.4 Å². The van der Waals surface area contributed by atoms with Gasteiger partial charge in [0, 0.05) is 26.7 Å². The first-order chi connectivity index (χ1) is 7.70. The van der Waals surface area contributed by atoms with E-state index in [2.05, 4.69) is 36.1 Å². The van der Waals surface area contributed by atoms with E-state index < -0.39 is 0 Å². The first-order valence-corrected chi connectivity index (χ1v) is 5.83. The first kappa shape index (κ1) is 19.0. The number of rotatable bonds is 8. The summed E-state index contributed by atoms with van der Waals surface area (Å²) < 4.78 is 5.48. The van der Waals surface area contributed by atoms with Gasteiger partial charge in [0.2, 0.25) is 0 Å². The molecule has 0 rings (SSSR count). The number of halogens is 1. The average Bonchev–Trinajstić information content (AvgIpc) is 2.26. The van der Waals surface area contributed by atoms with Crippen LogP contribution in [0.2, 0.25) is 0 Å². The lowest BCUT2D eigenvalue weighted by Crippen LogP contribution is -2.38. The smallest absolute Gasteiger partial charge is 0.191 e. The highest BCUT2D eigenvalue weighted by Gasteiger charge is 1.96. The molecule has 0 saturated carbocycles. The molecular formula is C12H26IN3O. The van der Waals surface area contributed by atoms with Gasteiger partial charge in [-0.25, -0.2) is 0 Å². The van der Waals surface area contributed by atoms with Gasteiger partial charge in [-0.3, -0.25) is 4.99 Å². The van der Waals surface area contributed by atoms with Gasteiger partial charge >= 0.3 is 0 Å². The minimum atomic E-state index is 0. The van der Waals surface area contributed by atoms with Gasteiger partial charge in [0.15, 0.2) is 5.96 Å². The molecule has 17 heavy (non-hydrogen) atoms. The van der Waals surface area contributed by atoms with Crippen LogP contribution in [0, 0.1) is 5.92 Å². The van der Waals surface area contributed by atoms with E-state index in [0.717, 1.165) is 25.5 Å². The maximum atomic E-state index is 5.48. The number of ether oxygens (including phenoxy) is 1. The molecule has 0 bridgehead atoms. The normalized spacial score (nSPS) is 10.9. The molecule has 0 spiro atoms. The van der Waals surface area contributed by atoms with Crippen molar-refractivity contribution in [3.05, 3.63) is 12.7 Å². The summed E-state index contributed by atoms with van der Waals surface area (Å²) in [4.78, 5) is 4.06. The molecule has 5 heteroatoms. The third-order valence-corrected chi connectivity index (χ3v) is 2.02. The van der Waals surface area contributed by atoms with Crippen molar-refractivity contribution in [2.45, 2.75) is 20.3 Å². The monoisotopic (exact) mass is 355 g/mol. The Morgan fingerprint density at radius 3 is 2.59 bits per heavy atom. The van der Waals surface area contributed by atoms with E-state index in [1.165, 1.54) is 0 Å². The minimum absolute atomic E-state index is 0. The van der Waals surface area contributed by atoms with E-state index in [4.69, 9.17) is 4.74 Å². The fourth-order valence-corrected chi connectivity index (χ4v) is 1.05. The van der Waals surface area contributed by atoms with Gasteiger partial charge in [-0.1, -0.05) is 19.9 Å². The summed E-state index contributed by atoms with van der Waals surface area (Å²) in [5, 5.41) is 6.25. The van der Waals surface area contributed by atoms with Gasteiger partial charge in [-0.15, -0.1) is 30.6 Å². The fraction of sp³-hybridized carbons (Fsp3) is 0.750. The van der Waals surface area contributed by atoms with E-state index in [0.29, 0.717) is 19.1 Å². The van der Waals surface area contributed by atoms with Crippen LogP contribution in [0.3, 0.4) is 0 Å². The van der Waals surface area contributed by atoms with E-state index in [-0.39, 0.29) is 24.0 Å². The minimum Gasteiger partial charge on any atom is -0.380 e. The highest BCUT2D eigenvalue weighted by Crippen LogP contribution is 1.98. The second-order valence-corrected chi connectivity index (χ2v) is 3.96. The van der Waals surface area contributed by atoms with Gasteiger partial charge in [0.1, 0.15) is 0 Å². The zero-order valence-electron chi connectivity index (χ0n) is 11.2. The molecule has 0 aromatic carbocycles. The summed E-state index contributed by atoms with van der Waals surface area (Å²) in [6.07, 6.45) is 2.91. The molecule has 0 amide bonds. The Labute approximate surface area is 122 Å². The number of aliphatic imine (C=N–C) groups is 1. The standard InChI is InChI=1S/C12H25N3O.HI/c1-5-7-14-12(13-4)15-8-10-16-9-6-11(2)3;/h5,11H,1,6-10H2,2-4H3,(H2,13,14,15);1H. The van der Waals surface area contributed by atoms with E-state index in [1.807, 2.05) is 0 Å². The lowest BCUT2D eigenvalue weighted by atomic mass is 10.1. The SMILES string of the molecule is C=CCNC(=NC)NCCOCCC(C)C.I. The van der Waals surface area contributed by atoms with Crippen LogP contribution in [-0.4, -0.2) is 39.3 Å². The predicted molar refractivity (Wildman–Crippen MR) is 85.3 cm³/mol. The third kappa shape index (κ3) is 13.6. The Morgan fingerprint density at radius 2 is 2.06 bits per heavy atom. The van der Waals surface area contributed by atoms with Crippen molar-refractivity contribution < 1.29 is 4.74 Å². The van der Waals surface area contributed by atoms with Crippen molar-refractivity contribution in [3.8, 4) is 0 Å². The summed E-state index contributed by atoms with van der Waals surface area (Å²) in [5.41, 5.74) is 0. The van der Waals surface area contributed by atoms with Gasteiger partial charge in [-0.2, -0.15) is 0 Å². The Bertz CT molecular complexity index is 208. The molecule has 0 heterocycles. The van der Waals surface area contributed by atoms with Crippen LogP contribution < -0.4 is 10.6 Å². The highest BCUT2D eigenvalue weighted by atomic mass is 127. The van der Waals surface area contributed by atoms with Gasteiger partial charge in [-0.05, 0) is 12.3 Å². The van der Waals surface area contributed by atoms with Crippen LogP contribution in [0.4, 0.5) is 0 Å². The largest absolute Gasteiger partial charge is 0.380 e. The summed E-state index contributed by atoms with van der Waals surface area (Å²) in [5.74, 6) is 1.49. The Hall–Kier alpha value is -0.300. The Kier molecular flexibility index (Phi) is 15.4. The number of hydrogen-bond acceptors (Lipinski definition) is 2. The second kappa shape index (κ2) is 13.8. The molecular weight excluding hydrogens is 329 g/mol. The fourth-order valence-electron chi connectivity index (χ4n) is 1.05. The number of hydrogen-bond donors (Lipinski definition) is 2. The molecule has 102 valence electrons. The number of nitrogens with one attached hydrogen (secondary N) is 2. The van der Waals surface area contributed by atoms with Gasteiger partial charge in [0.05, 0.1) is 6.61 Å². The molecule has 0 aliphatic rings. The third-order valence-electron chi connectivity index (χ3n) is 2.02. The quantitative estimate of drug-likeness (QED) is 0.230. The molecule has 4 nitrogen and oxygen atoms in total. The summed E-state index contributed by atoms with van der Waals surface area (Å²) in [7, 11) is 1.75. The Balaban J connectivity index is 0. The molecule has 0 saturated heterocycles. The van der Waals surface area contributed by atoms with Crippen molar-refractivity contribution in [3.63, 3.8) is 0 Å². The topological polar surface area (TPSA) is 45.7 Å².